The lowest BCUT2D eigenvalue weighted by Crippen LogP contribution is -2.33. The smallest absolute Gasteiger partial charge is 0.323 e. The fraction of sp³-hybridized carbons (Fsp3) is 0.308. The third-order valence-corrected chi connectivity index (χ3v) is 6.06. The van der Waals surface area contributed by atoms with Crippen LogP contribution in [0, 0.1) is 6.92 Å². The minimum absolute atomic E-state index is 0.0804. The number of hydrogen-bond acceptors (Lipinski definition) is 6. The molecule has 36 heavy (non-hydrogen) atoms. The quantitative estimate of drug-likeness (QED) is 0.376. The van der Waals surface area contributed by atoms with Gasteiger partial charge in [-0.15, -0.1) is 0 Å². The van der Waals surface area contributed by atoms with Crippen LogP contribution in [0.1, 0.15) is 41.5 Å². The van der Waals surface area contributed by atoms with Crippen molar-refractivity contribution in [1.82, 2.24) is 10.1 Å². The zero-order valence-electron chi connectivity index (χ0n) is 19.8. The number of carboxylic acid groups (broad SMARTS) is 1. The molecule has 1 saturated heterocycles. The zero-order valence-corrected chi connectivity index (χ0v) is 19.8. The van der Waals surface area contributed by atoms with Crippen molar-refractivity contribution in [1.29, 1.82) is 0 Å². The standard InChI is InChI=1S/C26H28N4O6/c1-16-4-2-3-5-21(16)28-26(35)27-18-8-6-17(7-9-18)12-24(32)30-15-19(31)13-23(30)22-14-20(36-29-22)10-11-25(33)34/h2-9,14,19,23,31H,10-13,15H2,1H3,(H,33,34)(H2,27,28,35). The number of aliphatic hydroxyl groups excluding tert-OH is 1. The van der Waals surface area contributed by atoms with Gasteiger partial charge in [0, 0.05) is 36.8 Å². The second-order valence-corrected chi connectivity index (χ2v) is 8.83. The second-order valence-electron chi connectivity index (χ2n) is 8.83. The van der Waals surface area contributed by atoms with Gasteiger partial charge in [-0.3, -0.25) is 9.59 Å². The van der Waals surface area contributed by atoms with E-state index in [1.807, 2.05) is 31.2 Å². The van der Waals surface area contributed by atoms with Crippen LogP contribution in [0.5, 0.6) is 0 Å². The van der Waals surface area contributed by atoms with Gasteiger partial charge in [0.2, 0.25) is 5.91 Å². The fourth-order valence-electron chi connectivity index (χ4n) is 4.18. The number of β-amino-alcohol motifs (C(OH)–C–C–N with tert-alkyl or cyclic N) is 1. The molecule has 2 aromatic carbocycles. The highest BCUT2D eigenvalue weighted by Gasteiger charge is 2.37. The third kappa shape index (κ3) is 6.28. The van der Waals surface area contributed by atoms with Gasteiger partial charge in [-0.2, -0.15) is 0 Å². The molecular formula is C26H28N4O6. The highest BCUT2D eigenvalue weighted by atomic mass is 16.5. The molecule has 0 aliphatic carbocycles. The monoisotopic (exact) mass is 492 g/mol. The third-order valence-electron chi connectivity index (χ3n) is 6.06. The number of aliphatic hydroxyl groups is 1. The van der Waals surface area contributed by atoms with Gasteiger partial charge < -0.3 is 30.3 Å². The molecule has 1 aliphatic rings. The minimum atomic E-state index is -0.936. The molecular weight excluding hydrogens is 464 g/mol. The Labute approximate surface area is 207 Å². The minimum Gasteiger partial charge on any atom is -0.481 e. The van der Waals surface area contributed by atoms with E-state index in [0.29, 0.717) is 23.6 Å². The van der Waals surface area contributed by atoms with E-state index in [1.54, 1.807) is 35.2 Å². The molecule has 2 atom stereocenters. The normalized spacial score (nSPS) is 17.1. The van der Waals surface area contributed by atoms with Crippen molar-refractivity contribution in [3.8, 4) is 0 Å². The number of aryl methyl sites for hydroxylation is 2. The van der Waals surface area contributed by atoms with E-state index < -0.39 is 18.1 Å². The van der Waals surface area contributed by atoms with Crippen LogP contribution < -0.4 is 10.6 Å². The van der Waals surface area contributed by atoms with Crippen LogP contribution in [-0.2, 0) is 22.4 Å². The van der Waals surface area contributed by atoms with E-state index in [2.05, 4.69) is 15.8 Å². The number of carboxylic acids is 1. The van der Waals surface area contributed by atoms with Crippen molar-refractivity contribution in [2.24, 2.45) is 0 Å². The summed E-state index contributed by atoms with van der Waals surface area (Å²) in [5, 5.41) is 28.6. The lowest BCUT2D eigenvalue weighted by molar-refractivity contribution is -0.137. The van der Waals surface area contributed by atoms with Gasteiger partial charge in [0.25, 0.3) is 0 Å². The predicted octanol–water partition coefficient (Wildman–Crippen LogP) is 3.52. The maximum absolute atomic E-state index is 13.1. The molecule has 3 amide bonds. The molecule has 2 unspecified atom stereocenters. The van der Waals surface area contributed by atoms with Gasteiger partial charge in [0.15, 0.2) is 0 Å². The second kappa shape index (κ2) is 11.0. The van der Waals surface area contributed by atoms with Crippen molar-refractivity contribution in [3.05, 3.63) is 77.2 Å². The summed E-state index contributed by atoms with van der Waals surface area (Å²) in [7, 11) is 0. The van der Waals surface area contributed by atoms with Crippen LogP contribution in [0.25, 0.3) is 0 Å². The molecule has 188 valence electrons. The molecule has 0 saturated carbocycles. The molecule has 2 heterocycles. The average molecular weight is 493 g/mol. The molecule has 1 fully saturated rings. The van der Waals surface area contributed by atoms with Crippen molar-refractivity contribution < 1.29 is 29.1 Å². The number of nitrogens with zero attached hydrogens (tertiary/aromatic N) is 2. The van der Waals surface area contributed by atoms with Crippen LogP contribution in [0.2, 0.25) is 0 Å². The van der Waals surface area contributed by atoms with Crippen molar-refractivity contribution in [3.63, 3.8) is 0 Å². The Morgan fingerprint density at radius 3 is 2.58 bits per heavy atom. The molecule has 4 rings (SSSR count). The number of benzene rings is 2. The molecule has 0 spiro atoms. The van der Waals surface area contributed by atoms with E-state index in [9.17, 15) is 19.5 Å². The summed E-state index contributed by atoms with van der Waals surface area (Å²) in [5.41, 5.74) is 3.52. The summed E-state index contributed by atoms with van der Waals surface area (Å²) in [6, 6.07) is 15.3. The largest absolute Gasteiger partial charge is 0.481 e. The number of likely N-dealkylation sites (tertiary alicyclic amines) is 1. The first-order valence-corrected chi connectivity index (χ1v) is 11.7. The van der Waals surface area contributed by atoms with Gasteiger partial charge in [-0.05, 0) is 36.2 Å². The van der Waals surface area contributed by atoms with E-state index in [4.69, 9.17) is 9.63 Å². The lowest BCUT2D eigenvalue weighted by Gasteiger charge is -2.22. The van der Waals surface area contributed by atoms with Gasteiger partial charge >= 0.3 is 12.0 Å². The number of hydrogen-bond donors (Lipinski definition) is 4. The Bertz CT molecular complexity index is 1240. The summed E-state index contributed by atoms with van der Waals surface area (Å²) in [5.74, 6) is -0.686. The maximum Gasteiger partial charge on any atom is 0.323 e. The van der Waals surface area contributed by atoms with Crippen molar-refractivity contribution >= 4 is 29.3 Å². The lowest BCUT2D eigenvalue weighted by atomic mass is 10.1. The van der Waals surface area contributed by atoms with Gasteiger partial charge in [0.1, 0.15) is 11.5 Å². The summed E-state index contributed by atoms with van der Waals surface area (Å²) in [4.78, 5) is 37.7. The van der Waals surface area contributed by atoms with E-state index in [-0.39, 0.29) is 37.7 Å². The number of aliphatic carboxylic acids is 1. The molecule has 0 radical (unpaired) electrons. The number of amides is 3. The highest BCUT2D eigenvalue weighted by Crippen LogP contribution is 2.32. The van der Waals surface area contributed by atoms with Crippen LogP contribution in [-0.4, -0.2) is 50.8 Å². The number of nitrogens with one attached hydrogen (secondary N) is 2. The SMILES string of the molecule is Cc1ccccc1NC(=O)Nc1ccc(CC(=O)N2CC(O)CC2c2cc(CCC(=O)O)on2)cc1. The number of anilines is 2. The molecule has 1 aliphatic heterocycles. The molecule has 10 nitrogen and oxygen atoms in total. The van der Waals surface area contributed by atoms with E-state index in [0.717, 1.165) is 16.8 Å². The van der Waals surface area contributed by atoms with Crippen molar-refractivity contribution in [2.45, 2.75) is 44.8 Å². The summed E-state index contributed by atoms with van der Waals surface area (Å²) < 4.78 is 5.23. The first-order chi connectivity index (χ1) is 17.3. The predicted molar refractivity (Wildman–Crippen MR) is 132 cm³/mol. The summed E-state index contributed by atoms with van der Waals surface area (Å²) in [6.45, 7) is 2.09. The van der Waals surface area contributed by atoms with Gasteiger partial charge in [0.05, 0.1) is 25.0 Å². The van der Waals surface area contributed by atoms with Gasteiger partial charge in [-0.1, -0.05) is 35.5 Å². The van der Waals surface area contributed by atoms with Crippen LogP contribution in [0.3, 0.4) is 0 Å². The number of rotatable bonds is 8. The zero-order chi connectivity index (χ0) is 25.7. The number of aromatic nitrogens is 1. The molecule has 4 N–H and O–H groups in total. The average Bonchev–Trinajstić information content (AvgIpc) is 3.47. The molecule has 1 aromatic heterocycles. The number of carbonyl (C=O) groups excluding carboxylic acids is 2. The Kier molecular flexibility index (Phi) is 7.65. The van der Waals surface area contributed by atoms with E-state index >= 15 is 0 Å². The maximum atomic E-state index is 13.1. The van der Waals surface area contributed by atoms with Crippen molar-refractivity contribution in [2.75, 3.05) is 17.2 Å². The molecule has 3 aromatic rings. The highest BCUT2D eigenvalue weighted by molar-refractivity contribution is 6.00. The number of carbonyl (C=O) groups is 3. The number of para-hydroxylation sites is 1. The fourth-order valence-corrected chi connectivity index (χ4v) is 4.18. The van der Waals surface area contributed by atoms with Crippen LogP contribution in [0.4, 0.5) is 16.2 Å². The Hall–Kier alpha value is -4.18. The molecule has 0 bridgehead atoms. The Morgan fingerprint density at radius 2 is 1.86 bits per heavy atom. The van der Waals surface area contributed by atoms with Crippen LogP contribution >= 0.6 is 0 Å². The topological polar surface area (TPSA) is 145 Å². The first kappa shape index (κ1) is 24.9. The number of urea groups is 1. The first-order valence-electron chi connectivity index (χ1n) is 11.7. The van der Waals surface area contributed by atoms with E-state index in [1.165, 1.54) is 0 Å². The summed E-state index contributed by atoms with van der Waals surface area (Å²) >= 11 is 0. The Morgan fingerprint density at radius 1 is 1.11 bits per heavy atom. The van der Waals surface area contributed by atoms with Crippen LogP contribution in [0.15, 0.2) is 59.1 Å². The Balaban J connectivity index is 1.35. The molecule has 10 heteroatoms. The van der Waals surface area contributed by atoms with Gasteiger partial charge in [-0.25, -0.2) is 4.79 Å². The summed E-state index contributed by atoms with van der Waals surface area (Å²) in [6.07, 6.45) is -0.118.